The van der Waals surface area contributed by atoms with Gasteiger partial charge in [-0.05, 0) is 26.1 Å². The van der Waals surface area contributed by atoms with Crippen LogP contribution in [-0.4, -0.2) is 42.4 Å². The maximum absolute atomic E-state index is 11.5. The Kier molecular flexibility index (Phi) is 7.09. The van der Waals surface area contributed by atoms with Crippen molar-refractivity contribution in [1.82, 2.24) is 4.90 Å². The van der Waals surface area contributed by atoms with Gasteiger partial charge in [0.2, 0.25) is 5.91 Å². The fourth-order valence-corrected chi connectivity index (χ4v) is 1.73. The van der Waals surface area contributed by atoms with Gasteiger partial charge in [0.05, 0.1) is 0 Å². The molecule has 0 aromatic rings. The van der Waals surface area contributed by atoms with E-state index in [1.54, 1.807) is 11.8 Å². The van der Waals surface area contributed by atoms with Crippen LogP contribution in [0, 0.1) is 0 Å². The summed E-state index contributed by atoms with van der Waals surface area (Å²) >= 11 is 1.76. The number of thioether (sulfide) groups is 1. The van der Waals surface area contributed by atoms with Crippen molar-refractivity contribution < 1.29 is 4.79 Å². The predicted octanol–water partition coefficient (Wildman–Crippen LogP) is 0.935. The number of nitrogens with zero attached hydrogens (tertiary/aromatic N) is 1. The molecule has 0 aromatic carbocycles. The van der Waals surface area contributed by atoms with Gasteiger partial charge in [-0.25, -0.2) is 0 Å². The topological polar surface area (TPSA) is 46.3 Å². The fourth-order valence-electron chi connectivity index (χ4n) is 1.03. The summed E-state index contributed by atoms with van der Waals surface area (Å²) < 4.78 is 0. The number of hydrogen-bond donors (Lipinski definition) is 1. The summed E-state index contributed by atoms with van der Waals surface area (Å²) in [6.45, 7) is 2.66. The van der Waals surface area contributed by atoms with Crippen LogP contribution in [-0.2, 0) is 4.79 Å². The number of carbonyl (C=O) groups excluding carboxylic acids is 1. The maximum atomic E-state index is 11.5. The SMILES string of the molecule is CSCC(C)N(C)C(=O)CCCN. The summed E-state index contributed by atoms with van der Waals surface area (Å²) in [5.41, 5.74) is 5.34. The molecule has 0 aromatic heterocycles. The van der Waals surface area contributed by atoms with Gasteiger partial charge in [0.25, 0.3) is 0 Å². The van der Waals surface area contributed by atoms with E-state index in [2.05, 4.69) is 13.2 Å². The molecule has 0 aliphatic heterocycles. The van der Waals surface area contributed by atoms with Crippen LogP contribution < -0.4 is 5.73 Å². The molecule has 0 saturated heterocycles. The van der Waals surface area contributed by atoms with Gasteiger partial charge in [-0.1, -0.05) is 0 Å². The second-order valence-electron chi connectivity index (χ2n) is 3.20. The van der Waals surface area contributed by atoms with Crippen molar-refractivity contribution in [1.29, 1.82) is 0 Å². The molecule has 1 atom stereocenters. The monoisotopic (exact) mass is 204 g/mol. The number of amides is 1. The lowest BCUT2D eigenvalue weighted by atomic mass is 10.2. The molecule has 1 unspecified atom stereocenters. The van der Waals surface area contributed by atoms with Crippen molar-refractivity contribution in [2.24, 2.45) is 5.73 Å². The quantitative estimate of drug-likeness (QED) is 0.700. The lowest BCUT2D eigenvalue weighted by Crippen LogP contribution is -2.36. The summed E-state index contributed by atoms with van der Waals surface area (Å²) in [7, 11) is 1.86. The Labute approximate surface area is 85.0 Å². The summed E-state index contributed by atoms with van der Waals surface area (Å²) in [4.78, 5) is 13.3. The van der Waals surface area contributed by atoms with E-state index in [-0.39, 0.29) is 5.91 Å². The number of rotatable bonds is 6. The Morgan fingerprint density at radius 2 is 2.23 bits per heavy atom. The third kappa shape index (κ3) is 5.16. The second-order valence-corrected chi connectivity index (χ2v) is 4.11. The molecule has 0 saturated carbocycles. The zero-order valence-electron chi connectivity index (χ0n) is 8.75. The van der Waals surface area contributed by atoms with Crippen LogP contribution in [0.5, 0.6) is 0 Å². The molecule has 0 spiro atoms. The number of nitrogens with two attached hydrogens (primary N) is 1. The van der Waals surface area contributed by atoms with Crippen molar-refractivity contribution in [2.75, 3.05) is 25.6 Å². The first-order valence-corrected chi connectivity index (χ1v) is 5.97. The summed E-state index contributed by atoms with van der Waals surface area (Å²) in [5.74, 6) is 1.19. The highest BCUT2D eigenvalue weighted by atomic mass is 32.2. The number of hydrogen-bond acceptors (Lipinski definition) is 3. The molecule has 0 aliphatic carbocycles. The first kappa shape index (κ1) is 12.8. The Morgan fingerprint density at radius 1 is 1.62 bits per heavy atom. The first-order valence-electron chi connectivity index (χ1n) is 4.58. The highest BCUT2D eigenvalue weighted by molar-refractivity contribution is 7.98. The van der Waals surface area contributed by atoms with Gasteiger partial charge in [0, 0.05) is 25.3 Å². The van der Waals surface area contributed by atoms with Crippen LogP contribution in [0.2, 0.25) is 0 Å². The number of carbonyl (C=O) groups is 1. The highest BCUT2D eigenvalue weighted by Gasteiger charge is 2.13. The molecule has 0 fully saturated rings. The zero-order chi connectivity index (χ0) is 10.3. The van der Waals surface area contributed by atoms with E-state index in [1.807, 2.05) is 11.9 Å². The molecule has 0 rings (SSSR count). The van der Waals surface area contributed by atoms with Crippen molar-refractivity contribution in [3.8, 4) is 0 Å². The molecule has 0 aliphatic rings. The van der Waals surface area contributed by atoms with Gasteiger partial charge in [-0.2, -0.15) is 11.8 Å². The lowest BCUT2D eigenvalue weighted by Gasteiger charge is -2.24. The maximum Gasteiger partial charge on any atom is 0.222 e. The molecule has 2 N–H and O–H groups in total. The van der Waals surface area contributed by atoms with E-state index in [4.69, 9.17) is 5.73 Å². The van der Waals surface area contributed by atoms with Crippen LogP contribution in [0.4, 0.5) is 0 Å². The van der Waals surface area contributed by atoms with E-state index in [1.165, 1.54) is 0 Å². The largest absolute Gasteiger partial charge is 0.342 e. The Bertz CT molecular complexity index is 153. The minimum Gasteiger partial charge on any atom is -0.342 e. The van der Waals surface area contributed by atoms with Crippen molar-refractivity contribution >= 4 is 17.7 Å². The first-order chi connectivity index (χ1) is 6.13. The van der Waals surface area contributed by atoms with E-state index < -0.39 is 0 Å². The second kappa shape index (κ2) is 7.21. The molecule has 0 heterocycles. The van der Waals surface area contributed by atoms with Crippen LogP contribution in [0.15, 0.2) is 0 Å². The fraction of sp³-hybridized carbons (Fsp3) is 0.889. The van der Waals surface area contributed by atoms with Gasteiger partial charge < -0.3 is 10.6 Å². The smallest absolute Gasteiger partial charge is 0.222 e. The van der Waals surface area contributed by atoms with Crippen LogP contribution in [0.25, 0.3) is 0 Å². The molecule has 0 radical (unpaired) electrons. The standard InChI is InChI=1S/C9H20N2OS/c1-8(7-13-3)11(2)9(12)5-4-6-10/h8H,4-7,10H2,1-3H3. The van der Waals surface area contributed by atoms with Crippen molar-refractivity contribution in [2.45, 2.75) is 25.8 Å². The zero-order valence-corrected chi connectivity index (χ0v) is 9.56. The van der Waals surface area contributed by atoms with Gasteiger partial charge >= 0.3 is 0 Å². The molecule has 0 bridgehead atoms. The van der Waals surface area contributed by atoms with E-state index in [0.717, 1.165) is 12.2 Å². The van der Waals surface area contributed by atoms with Crippen molar-refractivity contribution in [3.05, 3.63) is 0 Å². The average Bonchev–Trinajstić information content (AvgIpc) is 2.13. The van der Waals surface area contributed by atoms with Gasteiger partial charge in [-0.3, -0.25) is 4.79 Å². The molecule has 13 heavy (non-hydrogen) atoms. The Morgan fingerprint density at radius 3 is 2.69 bits per heavy atom. The molecule has 3 nitrogen and oxygen atoms in total. The minimum atomic E-state index is 0.201. The summed E-state index contributed by atoms with van der Waals surface area (Å²) in [5, 5.41) is 0. The highest BCUT2D eigenvalue weighted by Crippen LogP contribution is 2.05. The molecular formula is C9H20N2OS. The van der Waals surface area contributed by atoms with Gasteiger partial charge in [0.15, 0.2) is 0 Å². The summed E-state index contributed by atoms with van der Waals surface area (Å²) in [6, 6.07) is 0.320. The Balaban J connectivity index is 3.79. The van der Waals surface area contributed by atoms with Gasteiger partial charge in [-0.15, -0.1) is 0 Å². The normalized spacial score (nSPS) is 12.6. The molecule has 1 amide bonds. The van der Waals surface area contributed by atoms with E-state index in [9.17, 15) is 4.79 Å². The molecule has 78 valence electrons. The lowest BCUT2D eigenvalue weighted by molar-refractivity contribution is -0.131. The third-order valence-electron chi connectivity index (χ3n) is 2.06. The van der Waals surface area contributed by atoms with Crippen LogP contribution in [0.1, 0.15) is 19.8 Å². The van der Waals surface area contributed by atoms with Gasteiger partial charge in [0.1, 0.15) is 0 Å². The van der Waals surface area contributed by atoms with Crippen molar-refractivity contribution in [3.63, 3.8) is 0 Å². The average molecular weight is 204 g/mol. The van der Waals surface area contributed by atoms with E-state index >= 15 is 0 Å². The predicted molar refractivity (Wildman–Crippen MR) is 58.9 cm³/mol. The molecule has 4 heteroatoms. The summed E-state index contributed by atoms with van der Waals surface area (Å²) in [6.07, 6.45) is 3.41. The van der Waals surface area contributed by atoms with Crippen LogP contribution in [0.3, 0.4) is 0 Å². The molecular weight excluding hydrogens is 184 g/mol. The Hall–Kier alpha value is -0.220. The third-order valence-corrected chi connectivity index (χ3v) is 2.87. The van der Waals surface area contributed by atoms with E-state index in [0.29, 0.717) is 19.0 Å². The van der Waals surface area contributed by atoms with Crippen LogP contribution >= 0.6 is 11.8 Å². The minimum absolute atomic E-state index is 0.201.